The van der Waals surface area contributed by atoms with E-state index in [1.165, 1.54) is 6.07 Å². The van der Waals surface area contributed by atoms with Crippen LogP contribution < -0.4 is 10.6 Å². The van der Waals surface area contributed by atoms with Crippen molar-refractivity contribution in [3.63, 3.8) is 0 Å². The fourth-order valence-electron chi connectivity index (χ4n) is 2.12. The number of aromatic nitrogens is 1. The third kappa shape index (κ3) is 2.49. The molecule has 0 aromatic carbocycles. The molecule has 0 spiro atoms. The maximum atomic E-state index is 11.4. The van der Waals surface area contributed by atoms with Gasteiger partial charge in [-0.3, -0.25) is 4.79 Å². The van der Waals surface area contributed by atoms with Gasteiger partial charge in [0, 0.05) is 13.1 Å². The smallest absolute Gasteiger partial charge is 0.356 e. The summed E-state index contributed by atoms with van der Waals surface area (Å²) in [7, 11) is 0. The van der Waals surface area contributed by atoms with E-state index in [9.17, 15) is 9.59 Å². The van der Waals surface area contributed by atoms with Gasteiger partial charge in [-0.2, -0.15) is 0 Å². The molecule has 0 bridgehead atoms. The average Bonchev–Trinajstić information content (AvgIpc) is 2.73. The van der Waals surface area contributed by atoms with E-state index in [2.05, 4.69) is 4.98 Å². The summed E-state index contributed by atoms with van der Waals surface area (Å²) in [6.45, 7) is 2.83. The summed E-state index contributed by atoms with van der Waals surface area (Å²) < 4.78 is 0. The Hall–Kier alpha value is -1.82. The van der Waals surface area contributed by atoms with Crippen LogP contribution in [0.2, 0.25) is 5.02 Å². The topological polar surface area (TPSA) is 96.5 Å². The van der Waals surface area contributed by atoms with E-state index in [4.69, 9.17) is 22.4 Å². The zero-order valence-corrected chi connectivity index (χ0v) is 11.1. The van der Waals surface area contributed by atoms with Crippen LogP contribution in [0.3, 0.4) is 0 Å². The summed E-state index contributed by atoms with van der Waals surface area (Å²) in [6, 6.07) is 3.13. The summed E-state index contributed by atoms with van der Waals surface area (Å²) >= 11 is 5.77. The number of nitrogens with zero attached hydrogens (tertiary/aromatic N) is 2. The Morgan fingerprint density at radius 3 is 2.74 bits per heavy atom. The van der Waals surface area contributed by atoms with Gasteiger partial charge in [0.15, 0.2) is 5.69 Å². The molecule has 3 N–H and O–H groups in total. The zero-order valence-electron chi connectivity index (χ0n) is 10.4. The van der Waals surface area contributed by atoms with Crippen molar-refractivity contribution in [2.24, 2.45) is 11.1 Å². The van der Waals surface area contributed by atoms with Crippen molar-refractivity contribution in [1.29, 1.82) is 0 Å². The first-order valence-electron chi connectivity index (χ1n) is 5.78. The molecule has 2 rings (SSSR count). The molecule has 102 valence electrons. The fourth-order valence-corrected chi connectivity index (χ4v) is 2.30. The monoisotopic (exact) mass is 283 g/mol. The molecule has 19 heavy (non-hydrogen) atoms. The molecule has 2 heterocycles. The Morgan fingerprint density at radius 2 is 2.21 bits per heavy atom. The van der Waals surface area contributed by atoms with E-state index in [0.29, 0.717) is 25.3 Å². The number of hydrogen-bond donors (Lipinski definition) is 2. The van der Waals surface area contributed by atoms with Gasteiger partial charge in [0.2, 0.25) is 5.91 Å². The number of pyridine rings is 1. The number of carboxylic acids is 1. The number of hydrogen-bond acceptors (Lipinski definition) is 4. The number of halogens is 1. The number of aromatic carboxylic acids is 1. The van der Waals surface area contributed by atoms with Crippen molar-refractivity contribution in [3.8, 4) is 0 Å². The fraction of sp³-hybridized carbons (Fsp3) is 0.417. The first-order chi connectivity index (χ1) is 8.83. The van der Waals surface area contributed by atoms with Crippen molar-refractivity contribution in [2.75, 3.05) is 18.0 Å². The number of carbonyl (C=O) groups excluding carboxylic acids is 1. The van der Waals surface area contributed by atoms with Crippen molar-refractivity contribution >= 4 is 29.3 Å². The third-order valence-electron chi connectivity index (χ3n) is 3.43. The van der Waals surface area contributed by atoms with Gasteiger partial charge in [-0.1, -0.05) is 11.6 Å². The molecule has 1 aromatic rings. The largest absolute Gasteiger partial charge is 0.476 e. The highest BCUT2D eigenvalue weighted by atomic mass is 35.5. The second-order valence-electron chi connectivity index (χ2n) is 4.90. The molecule has 1 amide bonds. The molecule has 1 fully saturated rings. The Labute approximate surface area is 115 Å². The molecule has 0 aliphatic carbocycles. The maximum Gasteiger partial charge on any atom is 0.356 e. The second-order valence-corrected chi connectivity index (χ2v) is 5.31. The molecule has 7 heteroatoms. The highest BCUT2D eigenvalue weighted by molar-refractivity contribution is 6.33. The van der Waals surface area contributed by atoms with Gasteiger partial charge >= 0.3 is 5.97 Å². The Morgan fingerprint density at radius 1 is 1.53 bits per heavy atom. The van der Waals surface area contributed by atoms with Crippen LogP contribution >= 0.6 is 11.6 Å². The zero-order chi connectivity index (χ0) is 14.2. The molecule has 1 aromatic heterocycles. The molecule has 1 atom stereocenters. The van der Waals surface area contributed by atoms with Gasteiger partial charge in [0.25, 0.3) is 0 Å². The first-order valence-corrected chi connectivity index (χ1v) is 6.16. The average molecular weight is 284 g/mol. The number of amides is 1. The molecule has 1 aliphatic heterocycles. The second kappa shape index (κ2) is 4.70. The van der Waals surface area contributed by atoms with Crippen LogP contribution in [0.15, 0.2) is 12.1 Å². The number of carbonyl (C=O) groups is 2. The van der Waals surface area contributed by atoms with E-state index >= 15 is 0 Å². The maximum absolute atomic E-state index is 11.4. The van der Waals surface area contributed by atoms with Crippen LogP contribution in [0.5, 0.6) is 0 Å². The van der Waals surface area contributed by atoms with E-state index in [-0.39, 0.29) is 16.6 Å². The van der Waals surface area contributed by atoms with E-state index in [1.807, 2.05) is 4.90 Å². The van der Waals surface area contributed by atoms with E-state index in [1.54, 1.807) is 13.0 Å². The van der Waals surface area contributed by atoms with Gasteiger partial charge in [0.1, 0.15) is 5.82 Å². The van der Waals surface area contributed by atoms with Gasteiger partial charge in [0.05, 0.1) is 10.4 Å². The summed E-state index contributed by atoms with van der Waals surface area (Å²) in [4.78, 5) is 28.2. The van der Waals surface area contributed by atoms with Gasteiger partial charge in [-0.15, -0.1) is 0 Å². The highest BCUT2D eigenvalue weighted by Gasteiger charge is 2.39. The van der Waals surface area contributed by atoms with Crippen LogP contribution in [-0.4, -0.2) is 35.1 Å². The number of primary amides is 1. The van der Waals surface area contributed by atoms with Crippen molar-refractivity contribution < 1.29 is 14.7 Å². The summed E-state index contributed by atoms with van der Waals surface area (Å²) in [5.41, 5.74) is 4.58. The highest BCUT2D eigenvalue weighted by Crippen LogP contribution is 2.32. The minimum Gasteiger partial charge on any atom is -0.476 e. The Kier molecular flexibility index (Phi) is 3.36. The van der Waals surface area contributed by atoms with Crippen LogP contribution in [-0.2, 0) is 4.79 Å². The van der Waals surface area contributed by atoms with Gasteiger partial charge in [-0.25, -0.2) is 9.78 Å². The summed E-state index contributed by atoms with van der Waals surface area (Å²) in [6.07, 6.45) is 0.620. The quantitative estimate of drug-likeness (QED) is 0.867. The van der Waals surface area contributed by atoms with Gasteiger partial charge in [-0.05, 0) is 25.5 Å². The molecule has 1 aliphatic rings. The van der Waals surface area contributed by atoms with Gasteiger partial charge < -0.3 is 15.7 Å². The predicted octanol–water partition coefficient (Wildman–Crippen LogP) is 1.13. The lowest BCUT2D eigenvalue weighted by Gasteiger charge is -2.22. The molecule has 6 nitrogen and oxygen atoms in total. The lowest BCUT2D eigenvalue weighted by Crippen LogP contribution is -2.37. The Balaban J connectivity index is 2.28. The van der Waals surface area contributed by atoms with Crippen LogP contribution in [0.4, 0.5) is 5.82 Å². The number of anilines is 1. The molecular weight excluding hydrogens is 270 g/mol. The van der Waals surface area contributed by atoms with Crippen molar-refractivity contribution in [2.45, 2.75) is 13.3 Å². The molecular formula is C12H14ClN3O3. The summed E-state index contributed by atoms with van der Waals surface area (Å²) in [5.74, 6) is -1.04. The lowest BCUT2D eigenvalue weighted by molar-refractivity contribution is -0.125. The SMILES string of the molecule is CC1(C(N)=O)CCN(c2ccc(Cl)c(C(=O)O)n2)C1. The molecule has 1 saturated heterocycles. The van der Waals surface area contributed by atoms with Crippen LogP contribution in [0.1, 0.15) is 23.8 Å². The molecule has 0 saturated carbocycles. The number of carboxylic acid groups (broad SMARTS) is 1. The third-order valence-corrected chi connectivity index (χ3v) is 3.73. The summed E-state index contributed by atoms with van der Waals surface area (Å²) in [5, 5.41) is 9.08. The minimum atomic E-state index is -1.18. The lowest BCUT2D eigenvalue weighted by atomic mass is 9.89. The number of nitrogens with two attached hydrogens (primary N) is 1. The molecule has 1 unspecified atom stereocenters. The van der Waals surface area contributed by atoms with Crippen LogP contribution in [0, 0.1) is 5.41 Å². The van der Waals surface area contributed by atoms with Crippen molar-refractivity contribution in [1.82, 2.24) is 4.98 Å². The molecule has 0 radical (unpaired) electrons. The standard InChI is InChI=1S/C12H14ClN3O3/c1-12(11(14)19)4-5-16(6-12)8-3-2-7(13)9(15-8)10(17)18/h2-3H,4-6H2,1H3,(H2,14,19)(H,17,18). The first kappa shape index (κ1) is 13.6. The van der Waals surface area contributed by atoms with E-state index in [0.717, 1.165) is 0 Å². The van der Waals surface area contributed by atoms with E-state index < -0.39 is 11.4 Å². The normalized spacial score (nSPS) is 22.5. The number of rotatable bonds is 3. The Bertz CT molecular complexity index is 549. The van der Waals surface area contributed by atoms with Crippen molar-refractivity contribution in [3.05, 3.63) is 22.8 Å². The predicted molar refractivity (Wildman–Crippen MR) is 70.3 cm³/mol. The minimum absolute atomic E-state index is 0.0908. The van der Waals surface area contributed by atoms with Crippen LogP contribution in [0.25, 0.3) is 0 Å².